The molecule has 0 aliphatic carbocycles. The standard InChI is InChI=1S/C30H28F2/c1-3-5-6-8-27-18-15-26(22-29(27)31)17-20-28-19-16-25(21-30(28)32)14-13-24-11-9-23(7-4-2)10-12-24/h9-12,15-16,18-19,21-22H,3-8H2,1-2H3. The molecule has 0 saturated heterocycles. The molecule has 3 aromatic carbocycles. The van der Waals surface area contributed by atoms with Gasteiger partial charge in [0.15, 0.2) is 0 Å². The first-order valence-corrected chi connectivity index (χ1v) is 11.3. The van der Waals surface area contributed by atoms with Crippen molar-refractivity contribution in [1.29, 1.82) is 0 Å². The molecule has 0 amide bonds. The number of rotatable bonds is 6. The summed E-state index contributed by atoms with van der Waals surface area (Å²) in [7, 11) is 0. The van der Waals surface area contributed by atoms with Gasteiger partial charge >= 0.3 is 0 Å². The van der Waals surface area contributed by atoms with Crippen molar-refractivity contribution < 1.29 is 8.78 Å². The molecule has 0 atom stereocenters. The molecule has 0 unspecified atom stereocenters. The van der Waals surface area contributed by atoms with Crippen LogP contribution in [0, 0.1) is 35.3 Å². The first-order chi connectivity index (χ1) is 15.6. The zero-order valence-electron chi connectivity index (χ0n) is 18.8. The number of aryl methyl sites for hydroxylation is 2. The predicted molar refractivity (Wildman–Crippen MR) is 128 cm³/mol. The Labute approximate surface area is 190 Å². The Bertz CT molecular complexity index is 1170. The lowest BCUT2D eigenvalue weighted by atomic mass is 10.0. The Morgan fingerprint density at radius 3 is 1.88 bits per heavy atom. The molecule has 0 saturated carbocycles. The van der Waals surface area contributed by atoms with E-state index in [1.54, 1.807) is 24.3 Å². The van der Waals surface area contributed by atoms with Gasteiger partial charge in [-0.2, -0.15) is 0 Å². The maximum Gasteiger partial charge on any atom is 0.140 e. The topological polar surface area (TPSA) is 0 Å². The minimum atomic E-state index is -0.431. The highest BCUT2D eigenvalue weighted by molar-refractivity contribution is 5.49. The molecule has 0 heterocycles. The molecule has 2 heteroatoms. The second-order valence-electron chi connectivity index (χ2n) is 7.90. The van der Waals surface area contributed by atoms with E-state index in [4.69, 9.17) is 0 Å². The lowest BCUT2D eigenvalue weighted by Crippen LogP contribution is -1.92. The van der Waals surface area contributed by atoms with Crippen molar-refractivity contribution in [1.82, 2.24) is 0 Å². The Morgan fingerprint density at radius 2 is 1.22 bits per heavy atom. The Hall–Kier alpha value is -3.36. The van der Waals surface area contributed by atoms with Gasteiger partial charge in [0.05, 0.1) is 5.56 Å². The molecule has 0 fully saturated rings. The number of unbranched alkanes of at least 4 members (excludes halogenated alkanes) is 2. The smallest absolute Gasteiger partial charge is 0.140 e. The van der Waals surface area contributed by atoms with Crippen LogP contribution in [-0.4, -0.2) is 0 Å². The number of hydrogen-bond donors (Lipinski definition) is 0. The third-order valence-corrected chi connectivity index (χ3v) is 5.26. The van der Waals surface area contributed by atoms with Crippen LogP contribution < -0.4 is 0 Å². The summed E-state index contributed by atoms with van der Waals surface area (Å²) in [6.07, 6.45) is 6.06. The number of halogens is 2. The average molecular weight is 427 g/mol. The molecule has 0 bridgehead atoms. The molecule has 32 heavy (non-hydrogen) atoms. The van der Waals surface area contributed by atoms with Crippen LogP contribution in [0.2, 0.25) is 0 Å². The van der Waals surface area contributed by atoms with Crippen LogP contribution in [0.1, 0.15) is 72.9 Å². The van der Waals surface area contributed by atoms with Crippen LogP contribution in [0.4, 0.5) is 8.78 Å². The molecule has 3 rings (SSSR count). The summed E-state index contributed by atoms with van der Waals surface area (Å²) >= 11 is 0. The third kappa shape index (κ3) is 6.83. The fraction of sp³-hybridized carbons (Fsp3) is 0.267. The number of hydrogen-bond acceptors (Lipinski definition) is 0. The highest BCUT2D eigenvalue weighted by atomic mass is 19.1. The van der Waals surface area contributed by atoms with Gasteiger partial charge in [-0.1, -0.05) is 75.0 Å². The summed E-state index contributed by atoms with van der Waals surface area (Å²) in [6.45, 7) is 4.28. The second-order valence-corrected chi connectivity index (χ2v) is 7.90. The molecule has 0 aromatic heterocycles. The summed E-state index contributed by atoms with van der Waals surface area (Å²) in [5.74, 6) is 11.1. The largest absolute Gasteiger partial charge is 0.207 e. The van der Waals surface area contributed by atoms with Crippen molar-refractivity contribution in [3.63, 3.8) is 0 Å². The van der Waals surface area contributed by atoms with Crippen molar-refractivity contribution in [2.45, 2.75) is 52.4 Å². The average Bonchev–Trinajstić information content (AvgIpc) is 2.79. The fourth-order valence-corrected chi connectivity index (χ4v) is 3.41. The van der Waals surface area contributed by atoms with Gasteiger partial charge in [0, 0.05) is 16.7 Å². The summed E-state index contributed by atoms with van der Waals surface area (Å²) in [6, 6.07) is 17.9. The van der Waals surface area contributed by atoms with Gasteiger partial charge in [0.2, 0.25) is 0 Å². The van der Waals surface area contributed by atoms with Crippen molar-refractivity contribution in [3.05, 3.63) is 106 Å². The molecule has 0 aliphatic heterocycles. The maximum atomic E-state index is 14.5. The highest BCUT2D eigenvalue weighted by Gasteiger charge is 2.03. The molecule has 162 valence electrons. The van der Waals surface area contributed by atoms with Gasteiger partial charge in [-0.15, -0.1) is 0 Å². The van der Waals surface area contributed by atoms with E-state index in [-0.39, 0.29) is 11.4 Å². The van der Waals surface area contributed by atoms with E-state index < -0.39 is 5.82 Å². The van der Waals surface area contributed by atoms with E-state index in [0.29, 0.717) is 16.7 Å². The third-order valence-electron chi connectivity index (χ3n) is 5.26. The van der Waals surface area contributed by atoms with Gasteiger partial charge in [-0.25, -0.2) is 8.78 Å². The maximum absolute atomic E-state index is 14.5. The predicted octanol–water partition coefficient (Wildman–Crippen LogP) is 7.45. The monoisotopic (exact) mass is 426 g/mol. The SMILES string of the molecule is CCCCCc1ccc(C#Cc2ccc(C#Cc3ccc(CCC)cc3)cc2F)cc1F. The van der Waals surface area contributed by atoms with Crippen LogP contribution >= 0.6 is 0 Å². The van der Waals surface area contributed by atoms with Crippen molar-refractivity contribution in [3.8, 4) is 23.7 Å². The van der Waals surface area contributed by atoms with Crippen LogP contribution in [0.15, 0.2) is 60.7 Å². The van der Waals surface area contributed by atoms with Crippen LogP contribution in [0.25, 0.3) is 0 Å². The zero-order chi connectivity index (χ0) is 22.8. The summed E-state index contributed by atoms with van der Waals surface area (Å²) in [5, 5.41) is 0. The minimum Gasteiger partial charge on any atom is -0.207 e. The summed E-state index contributed by atoms with van der Waals surface area (Å²) < 4.78 is 28.8. The van der Waals surface area contributed by atoms with E-state index in [9.17, 15) is 8.78 Å². The van der Waals surface area contributed by atoms with E-state index in [1.165, 1.54) is 17.7 Å². The Kier molecular flexibility index (Phi) is 8.65. The molecule has 3 aromatic rings. The van der Waals surface area contributed by atoms with E-state index in [1.807, 2.05) is 12.1 Å². The van der Waals surface area contributed by atoms with Crippen LogP contribution in [0.3, 0.4) is 0 Å². The van der Waals surface area contributed by atoms with Crippen molar-refractivity contribution in [2.24, 2.45) is 0 Å². The number of benzene rings is 3. The van der Waals surface area contributed by atoms with Crippen LogP contribution in [0.5, 0.6) is 0 Å². The van der Waals surface area contributed by atoms with Crippen LogP contribution in [-0.2, 0) is 12.8 Å². The molecule has 0 nitrogen and oxygen atoms in total. The van der Waals surface area contributed by atoms with E-state index in [2.05, 4.69) is 49.7 Å². The van der Waals surface area contributed by atoms with Gasteiger partial charge < -0.3 is 0 Å². The summed E-state index contributed by atoms with van der Waals surface area (Å²) in [5.41, 5.74) is 4.29. The van der Waals surface area contributed by atoms with Gasteiger partial charge in [0.1, 0.15) is 11.6 Å². The first-order valence-electron chi connectivity index (χ1n) is 11.3. The van der Waals surface area contributed by atoms with Gasteiger partial charge in [-0.05, 0) is 72.9 Å². The fourth-order valence-electron chi connectivity index (χ4n) is 3.41. The van der Waals surface area contributed by atoms with Gasteiger partial charge in [-0.3, -0.25) is 0 Å². The lowest BCUT2D eigenvalue weighted by Gasteiger charge is -2.03. The molecular weight excluding hydrogens is 398 g/mol. The minimum absolute atomic E-state index is 0.248. The molecule has 0 spiro atoms. The molecular formula is C30H28F2. The first kappa shape index (κ1) is 23.3. The van der Waals surface area contributed by atoms with Gasteiger partial charge in [0.25, 0.3) is 0 Å². The zero-order valence-corrected chi connectivity index (χ0v) is 18.8. The van der Waals surface area contributed by atoms with E-state index in [0.717, 1.165) is 44.1 Å². The molecule has 0 aliphatic rings. The quantitative estimate of drug-likeness (QED) is 0.284. The van der Waals surface area contributed by atoms with E-state index >= 15 is 0 Å². The molecule has 0 N–H and O–H groups in total. The normalized spacial score (nSPS) is 10.1. The lowest BCUT2D eigenvalue weighted by molar-refractivity contribution is 0.598. The summed E-state index contributed by atoms with van der Waals surface area (Å²) in [4.78, 5) is 0. The van der Waals surface area contributed by atoms with Crippen molar-refractivity contribution in [2.75, 3.05) is 0 Å². The Balaban J connectivity index is 1.69. The van der Waals surface area contributed by atoms with Crippen molar-refractivity contribution >= 4 is 0 Å². The highest BCUT2D eigenvalue weighted by Crippen LogP contribution is 2.14. The Morgan fingerprint density at radius 1 is 0.594 bits per heavy atom. The second kappa shape index (κ2) is 11.9. The molecule has 0 radical (unpaired) electrons.